The fourth-order valence-corrected chi connectivity index (χ4v) is 5.82. The second-order valence-corrected chi connectivity index (χ2v) is 9.71. The molecule has 0 unspecified atom stereocenters. The molecule has 7 nitrogen and oxygen atoms in total. The molecule has 166 valence electrons. The Labute approximate surface area is 195 Å². The van der Waals surface area contributed by atoms with Crippen LogP contribution < -0.4 is 10.1 Å². The molecule has 2 heterocycles. The molecule has 9 heteroatoms. The maximum atomic E-state index is 12.7. The standard InChI is InChI=1S/C23H25N5O2S2/c1-28-21(15-9-11-16(30-2)12-10-15)26-27-23(28)31-14-20(29)25-22-18(13-24)17-7-5-3-4-6-8-19(17)32-22/h9-12H,3-8,14H2,1-2H3,(H,25,29). The fraction of sp³-hybridized carbons (Fsp3) is 0.391. The molecule has 1 aliphatic carbocycles. The van der Waals surface area contributed by atoms with E-state index in [-0.39, 0.29) is 11.7 Å². The van der Waals surface area contributed by atoms with Crippen molar-refractivity contribution in [3.8, 4) is 23.2 Å². The third-order valence-corrected chi connectivity index (χ3v) is 7.78. The van der Waals surface area contributed by atoms with Crippen molar-refractivity contribution in [3.63, 3.8) is 0 Å². The first kappa shape index (κ1) is 22.4. The van der Waals surface area contributed by atoms with E-state index in [1.165, 1.54) is 29.5 Å². The molecule has 1 aliphatic rings. The van der Waals surface area contributed by atoms with Crippen LogP contribution in [0.25, 0.3) is 11.4 Å². The van der Waals surface area contributed by atoms with Gasteiger partial charge in [0.15, 0.2) is 11.0 Å². The number of ether oxygens (including phenoxy) is 1. The molecule has 32 heavy (non-hydrogen) atoms. The second kappa shape index (κ2) is 10.2. The lowest BCUT2D eigenvalue weighted by Crippen LogP contribution is -2.14. The highest BCUT2D eigenvalue weighted by molar-refractivity contribution is 7.99. The van der Waals surface area contributed by atoms with Gasteiger partial charge in [0.1, 0.15) is 16.8 Å². The molecule has 0 saturated heterocycles. The van der Waals surface area contributed by atoms with E-state index in [0.717, 1.165) is 48.4 Å². The highest BCUT2D eigenvalue weighted by atomic mass is 32.2. The first-order valence-electron chi connectivity index (χ1n) is 10.6. The van der Waals surface area contributed by atoms with Crippen LogP contribution in [0, 0.1) is 11.3 Å². The van der Waals surface area contributed by atoms with Crippen molar-refractivity contribution in [1.29, 1.82) is 5.26 Å². The molecule has 0 fully saturated rings. The number of nitriles is 1. The van der Waals surface area contributed by atoms with Crippen LogP contribution in [-0.4, -0.2) is 33.5 Å². The van der Waals surface area contributed by atoms with Crippen molar-refractivity contribution in [2.24, 2.45) is 7.05 Å². The van der Waals surface area contributed by atoms with Crippen molar-refractivity contribution >= 4 is 34.0 Å². The zero-order valence-corrected chi connectivity index (χ0v) is 19.8. The van der Waals surface area contributed by atoms with Crippen LogP contribution in [0.4, 0.5) is 5.00 Å². The molecule has 0 spiro atoms. The Balaban J connectivity index is 1.42. The molecule has 0 atom stereocenters. The number of carbonyl (C=O) groups excluding carboxylic acids is 1. The Hall–Kier alpha value is -2.83. The van der Waals surface area contributed by atoms with Crippen LogP contribution in [0.1, 0.15) is 41.7 Å². The number of amides is 1. The molecule has 0 saturated carbocycles. The van der Waals surface area contributed by atoms with Gasteiger partial charge in [0.25, 0.3) is 0 Å². The zero-order valence-electron chi connectivity index (χ0n) is 18.2. The summed E-state index contributed by atoms with van der Waals surface area (Å²) < 4.78 is 7.07. The van der Waals surface area contributed by atoms with E-state index in [9.17, 15) is 10.1 Å². The summed E-state index contributed by atoms with van der Waals surface area (Å²) in [5, 5.41) is 22.5. The average Bonchev–Trinajstić information content (AvgIpc) is 3.31. The lowest BCUT2D eigenvalue weighted by molar-refractivity contribution is -0.113. The number of nitrogens with zero attached hydrogens (tertiary/aromatic N) is 4. The number of aryl methyl sites for hydroxylation is 1. The summed E-state index contributed by atoms with van der Waals surface area (Å²) in [6.07, 6.45) is 6.59. The molecule has 0 radical (unpaired) electrons. The fourth-order valence-electron chi connectivity index (χ4n) is 3.85. The third kappa shape index (κ3) is 4.81. The Bertz CT molecular complexity index is 1140. The zero-order chi connectivity index (χ0) is 22.5. The highest BCUT2D eigenvalue weighted by Crippen LogP contribution is 2.36. The maximum Gasteiger partial charge on any atom is 0.235 e. The van der Waals surface area contributed by atoms with Gasteiger partial charge in [0, 0.05) is 17.5 Å². The Morgan fingerprint density at radius 3 is 2.69 bits per heavy atom. The van der Waals surface area contributed by atoms with Crippen LogP contribution in [-0.2, 0) is 24.7 Å². The number of anilines is 1. The van der Waals surface area contributed by atoms with Gasteiger partial charge in [-0.05, 0) is 55.5 Å². The summed E-state index contributed by atoms with van der Waals surface area (Å²) in [6, 6.07) is 9.93. The van der Waals surface area contributed by atoms with Crippen molar-refractivity contribution in [1.82, 2.24) is 14.8 Å². The predicted molar refractivity (Wildman–Crippen MR) is 127 cm³/mol. The van der Waals surface area contributed by atoms with E-state index in [4.69, 9.17) is 4.74 Å². The molecule has 3 aromatic rings. The molecule has 1 amide bonds. The lowest BCUT2D eigenvalue weighted by Gasteiger charge is -2.08. The number of thiophene rings is 1. The number of aromatic nitrogens is 3. The number of fused-ring (bicyclic) bond motifs is 1. The quantitative estimate of drug-likeness (QED) is 0.523. The summed E-state index contributed by atoms with van der Waals surface area (Å²) in [5.41, 5.74) is 2.70. The molecule has 4 rings (SSSR count). The third-order valence-electron chi connectivity index (χ3n) is 5.55. The first-order chi connectivity index (χ1) is 15.6. The number of rotatable bonds is 6. The summed E-state index contributed by atoms with van der Waals surface area (Å²) in [4.78, 5) is 13.9. The van der Waals surface area contributed by atoms with Crippen molar-refractivity contribution in [2.75, 3.05) is 18.2 Å². The summed E-state index contributed by atoms with van der Waals surface area (Å²) in [5.74, 6) is 1.55. The number of methoxy groups -OCH3 is 1. The van der Waals surface area contributed by atoms with Gasteiger partial charge in [-0.3, -0.25) is 4.79 Å². The normalized spacial score (nSPS) is 13.5. The summed E-state index contributed by atoms with van der Waals surface area (Å²) in [6.45, 7) is 0. The summed E-state index contributed by atoms with van der Waals surface area (Å²) in [7, 11) is 3.51. The minimum Gasteiger partial charge on any atom is -0.497 e. The van der Waals surface area contributed by atoms with Crippen LogP contribution >= 0.6 is 23.1 Å². The smallest absolute Gasteiger partial charge is 0.235 e. The molecule has 0 bridgehead atoms. The Morgan fingerprint density at radius 2 is 1.97 bits per heavy atom. The Morgan fingerprint density at radius 1 is 1.22 bits per heavy atom. The number of benzene rings is 1. The van der Waals surface area contributed by atoms with Gasteiger partial charge in [-0.1, -0.05) is 24.6 Å². The van der Waals surface area contributed by atoms with Gasteiger partial charge in [0.2, 0.25) is 5.91 Å². The van der Waals surface area contributed by atoms with E-state index in [2.05, 4.69) is 21.6 Å². The largest absolute Gasteiger partial charge is 0.497 e. The number of hydrogen-bond donors (Lipinski definition) is 1. The minimum absolute atomic E-state index is 0.144. The Kier molecular flexibility index (Phi) is 7.12. The highest BCUT2D eigenvalue weighted by Gasteiger charge is 2.21. The number of nitrogens with one attached hydrogen (secondary N) is 1. The van der Waals surface area contributed by atoms with E-state index in [1.54, 1.807) is 18.4 Å². The van der Waals surface area contributed by atoms with E-state index in [0.29, 0.717) is 15.7 Å². The molecule has 2 aromatic heterocycles. The van der Waals surface area contributed by atoms with Crippen LogP contribution in [0.3, 0.4) is 0 Å². The van der Waals surface area contributed by atoms with E-state index >= 15 is 0 Å². The molecule has 0 aliphatic heterocycles. The molecular weight excluding hydrogens is 442 g/mol. The van der Waals surface area contributed by atoms with Gasteiger partial charge in [-0.2, -0.15) is 5.26 Å². The molecular formula is C23H25N5O2S2. The maximum absolute atomic E-state index is 12.7. The van der Waals surface area contributed by atoms with Gasteiger partial charge in [-0.25, -0.2) is 0 Å². The topological polar surface area (TPSA) is 92.8 Å². The van der Waals surface area contributed by atoms with E-state index < -0.39 is 0 Å². The monoisotopic (exact) mass is 467 g/mol. The predicted octanol–water partition coefficient (Wildman–Crippen LogP) is 4.81. The number of hydrogen-bond acceptors (Lipinski definition) is 7. The lowest BCUT2D eigenvalue weighted by atomic mass is 9.97. The van der Waals surface area contributed by atoms with Crippen LogP contribution in [0.15, 0.2) is 29.4 Å². The van der Waals surface area contributed by atoms with Crippen molar-refractivity contribution in [2.45, 2.75) is 43.7 Å². The van der Waals surface area contributed by atoms with Crippen molar-refractivity contribution in [3.05, 3.63) is 40.3 Å². The van der Waals surface area contributed by atoms with Gasteiger partial charge in [0.05, 0.1) is 18.4 Å². The van der Waals surface area contributed by atoms with Gasteiger partial charge < -0.3 is 14.6 Å². The molecule has 1 N–H and O–H groups in total. The van der Waals surface area contributed by atoms with E-state index in [1.807, 2.05) is 35.9 Å². The van der Waals surface area contributed by atoms with Gasteiger partial charge in [-0.15, -0.1) is 21.5 Å². The first-order valence-corrected chi connectivity index (χ1v) is 12.4. The molecule has 1 aromatic carbocycles. The van der Waals surface area contributed by atoms with Crippen LogP contribution in [0.2, 0.25) is 0 Å². The van der Waals surface area contributed by atoms with Crippen molar-refractivity contribution < 1.29 is 9.53 Å². The second-order valence-electron chi connectivity index (χ2n) is 7.66. The van der Waals surface area contributed by atoms with Crippen LogP contribution in [0.5, 0.6) is 5.75 Å². The summed E-state index contributed by atoms with van der Waals surface area (Å²) >= 11 is 2.89. The average molecular weight is 468 g/mol. The SMILES string of the molecule is COc1ccc(-c2nnc(SCC(=O)Nc3sc4c(c3C#N)CCCCCC4)n2C)cc1. The number of carbonyl (C=O) groups is 1. The van der Waals surface area contributed by atoms with Gasteiger partial charge >= 0.3 is 0 Å². The number of thioether (sulfide) groups is 1. The minimum atomic E-state index is -0.144.